The minimum Gasteiger partial charge on any atom is -0.490 e. The van der Waals surface area contributed by atoms with Crippen molar-refractivity contribution in [3.8, 4) is 11.5 Å². The van der Waals surface area contributed by atoms with Gasteiger partial charge in [0, 0.05) is 38.6 Å². The molecule has 0 saturated heterocycles. The van der Waals surface area contributed by atoms with Gasteiger partial charge in [0.2, 0.25) is 5.91 Å². The molecule has 0 unspecified atom stereocenters. The number of rotatable bonds is 23. The molecule has 1 aromatic rings. The van der Waals surface area contributed by atoms with E-state index in [1.165, 1.54) is 0 Å². The number of nitrogens with one attached hydrogen (secondary N) is 1. The molecule has 0 aromatic heterocycles. The van der Waals surface area contributed by atoms with Gasteiger partial charge >= 0.3 is 0 Å². The number of aliphatic hydroxyl groups excluding tert-OH is 1. The number of benzene rings is 1. The number of hydrogen-bond donors (Lipinski definition) is 4. The van der Waals surface area contributed by atoms with E-state index in [2.05, 4.69) is 38.2 Å². The zero-order valence-corrected chi connectivity index (χ0v) is 25.3. The third-order valence-corrected chi connectivity index (χ3v) is 7.25. The van der Waals surface area contributed by atoms with E-state index >= 15 is 0 Å². The largest absolute Gasteiger partial charge is 0.490 e. The summed E-state index contributed by atoms with van der Waals surface area (Å²) >= 11 is 0. The minimum absolute atomic E-state index is 0.0187. The van der Waals surface area contributed by atoms with Crippen molar-refractivity contribution in [2.24, 2.45) is 29.2 Å². The Morgan fingerprint density at radius 1 is 0.974 bits per heavy atom. The number of nitrogens with two attached hydrogens (primary N) is 2. The second-order valence-electron chi connectivity index (χ2n) is 11.1. The van der Waals surface area contributed by atoms with Gasteiger partial charge in [-0.1, -0.05) is 40.2 Å². The molecular formula is C31H57N3O5. The molecule has 1 rings (SSSR count). The molecule has 0 fully saturated rings. The van der Waals surface area contributed by atoms with Crippen LogP contribution in [-0.2, 0) is 16.0 Å². The lowest BCUT2D eigenvalue weighted by Gasteiger charge is -2.28. The van der Waals surface area contributed by atoms with Gasteiger partial charge < -0.3 is 36.1 Å². The van der Waals surface area contributed by atoms with Crippen molar-refractivity contribution in [1.82, 2.24) is 5.32 Å². The van der Waals surface area contributed by atoms with Crippen molar-refractivity contribution in [2.75, 3.05) is 40.0 Å². The first kappa shape index (κ1) is 35.2. The second-order valence-corrected chi connectivity index (χ2v) is 11.1. The Hall–Kier alpha value is -1.87. The standard InChI is InChI=1S/C31H57N3O5/c1-6-7-15-34-31(36)24(4)19-28(35)27(33)22-26(23(2)3)20-25-12-13-29(38-17-10-8-9-14-32)30(21-25)39-18-11-16-37-5/h12-13,21,23-24,26-28,35H,6-11,14-20,22,32-33H2,1-5H3,(H,34,36)/t24-,26+,27+,28+/m1/s1. The van der Waals surface area contributed by atoms with Crippen LogP contribution in [0.15, 0.2) is 18.2 Å². The van der Waals surface area contributed by atoms with Crippen LogP contribution in [0.5, 0.6) is 11.5 Å². The summed E-state index contributed by atoms with van der Waals surface area (Å²) in [4.78, 5) is 12.3. The molecule has 0 spiro atoms. The summed E-state index contributed by atoms with van der Waals surface area (Å²) in [6.45, 7) is 11.5. The Balaban J connectivity index is 2.81. The van der Waals surface area contributed by atoms with Crippen LogP contribution >= 0.6 is 0 Å². The molecule has 0 saturated carbocycles. The molecule has 0 radical (unpaired) electrons. The highest BCUT2D eigenvalue weighted by atomic mass is 16.5. The number of aliphatic hydroxyl groups is 1. The number of methoxy groups -OCH3 is 1. The zero-order valence-electron chi connectivity index (χ0n) is 25.3. The first-order valence-corrected chi connectivity index (χ1v) is 15.0. The van der Waals surface area contributed by atoms with Gasteiger partial charge in [-0.3, -0.25) is 4.79 Å². The normalized spacial score (nSPS) is 14.6. The van der Waals surface area contributed by atoms with E-state index in [9.17, 15) is 9.90 Å². The molecule has 39 heavy (non-hydrogen) atoms. The quantitative estimate of drug-likeness (QED) is 0.148. The van der Waals surface area contributed by atoms with Crippen molar-refractivity contribution in [2.45, 2.75) is 97.6 Å². The van der Waals surface area contributed by atoms with Gasteiger partial charge in [0.05, 0.1) is 19.3 Å². The lowest BCUT2D eigenvalue weighted by atomic mass is 9.82. The molecule has 1 amide bonds. The van der Waals surface area contributed by atoms with E-state index in [-0.39, 0.29) is 17.7 Å². The van der Waals surface area contributed by atoms with E-state index in [1.807, 2.05) is 13.0 Å². The first-order valence-electron chi connectivity index (χ1n) is 15.0. The smallest absolute Gasteiger partial charge is 0.222 e. The molecule has 8 heteroatoms. The predicted octanol–water partition coefficient (Wildman–Crippen LogP) is 4.45. The molecule has 0 heterocycles. The molecular weight excluding hydrogens is 494 g/mol. The van der Waals surface area contributed by atoms with Gasteiger partial charge in [-0.2, -0.15) is 0 Å². The van der Waals surface area contributed by atoms with Gasteiger partial charge in [0.25, 0.3) is 0 Å². The van der Waals surface area contributed by atoms with Crippen LogP contribution in [0.4, 0.5) is 0 Å². The molecule has 1 aromatic carbocycles. The number of carbonyl (C=O) groups is 1. The Kier molecular flexibility index (Phi) is 18.9. The number of carbonyl (C=O) groups excluding carboxylic acids is 1. The van der Waals surface area contributed by atoms with Gasteiger partial charge in [0.15, 0.2) is 11.5 Å². The van der Waals surface area contributed by atoms with E-state index in [4.69, 9.17) is 25.7 Å². The summed E-state index contributed by atoms with van der Waals surface area (Å²) in [5.41, 5.74) is 13.2. The van der Waals surface area contributed by atoms with E-state index in [1.54, 1.807) is 7.11 Å². The maximum absolute atomic E-state index is 12.3. The lowest BCUT2D eigenvalue weighted by molar-refractivity contribution is -0.125. The first-order chi connectivity index (χ1) is 18.7. The number of hydrogen-bond acceptors (Lipinski definition) is 7. The summed E-state index contributed by atoms with van der Waals surface area (Å²) in [6, 6.07) is 5.76. The maximum atomic E-state index is 12.3. The van der Waals surface area contributed by atoms with Crippen molar-refractivity contribution in [3.63, 3.8) is 0 Å². The summed E-state index contributed by atoms with van der Waals surface area (Å²) < 4.78 is 17.3. The molecule has 8 nitrogen and oxygen atoms in total. The summed E-state index contributed by atoms with van der Waals surface area (Å²) in [5, 5.41) is 13.8. The monoisotopic (exact) mass is 551 g/mol. The van der Waals surface area contributed by atoms with Crippen LogP contribution in [0.2, 0.25) is 0 Å². The SMILES string of the molecule is CCCCNC(=O)[C@H](C)C[C@H](O)[C@@H](N)C[C@H](Cc1ccc(OCCCCCN)c(OCCCOC)c1)C(C)C. The summed E-state index contributed by atoms with van der Waals surface area (Å²) in [6.07, 6.45) is 6.91. The fourth-order valence-electron chi connectivity index (χ4n) is 4.51. The highest BCUT2D eigenvalue weighted by Crippen LogP contribution is 2.32. The van der Waals surface area contributed by atoms with Crippen LogP contribution in [0, 0.1) is 17.8 Å². The number of unbranched alkanes of at least 4 members (excludes halogenated alkanes) is 3. The molecule has 0 aliphatic carbocycles. The van der Waals surface area contributed by atoms with Crippen LogP contribution < -0.4 is 26.3 Å². The second kappa shape index (κ2) is 21.0. The average molecular weight is 552 g/mol. The van der Waals surface area contributed by atoms with Crippen LogP contribution in [-0.4, -0.2) is 63.2 Å². The van der Waals surface area contributed by atoms with Crippen LogP contribution in [0.1, 0.15) is 84.6 Å². The molecule has 4 atom stereocenters. The Labute approximate surface area is 237 Å². The molecule has 0 aliphatic heterocycles. The van der Waals surface area contributed by atoms with Crippen molar-refractivity contribution < 1.29 is 24.1 Å². The summed E-state index contributed by atoms with van der Waals surface area (Å²) in [7, 11) is 1.69. The number of ether oxygens (including phenoxy) is 3. The van der Waals surface area contributed by atoms with Crippen LogP contribution in [0.25, 0.3) is 0 Å². The average Bonchev–Trinajstić information content (AvgIpc) is 2.91. The third kappa shape index (κ3) is 14.9. The van der Waals surface area contributed by atoms with Crippen molar-refractivity contribution >= 4 is 5.91 Å². The lowest BCUT2D eigenvalue weighted by Crippen LogP contribution is -2.41. The Morgan fingerprint density at radius 3 is 2.36 bits per heavy atom. The molecule has 0 aliphatic rings. The highest BCUT2D eigenvalue weighted by Gasteiger charge is 2.26. The molecule has 226 valence electrons. The molecule has 6 N–H and O–H groups in total. The van der Waals surface area contributed by atoms with Gasteiger partial charge in [0.1, 0.15) is 0 Å². The van der Waals surface area contributed by atoms with Gasteiger partial charge in [-0.15, -0.1) is 0 Å². The maximum Gasteiger partial charge on any atom is 0.222 e. The van der Waals surface area contributed by atoms with Gasteiger partial charge in [-0.25, -0.2) is 0 Å². The Morgan fingerprint density at radius 2 is 1.69 bits per heavy atom. The minimum atomic E-state index is -0.729. The molecule has 0 bridgehead atoms. The summed E-state index contributed by atoms with van der Waals surface area (Å²) in [5.74, 6) is 1.85. The fraction of sp³-hybridized carbons (Fsp3) is 0.774. The third-order valence-electron chi connectivity index (χ3n) is 7.25. The van der Waals surface area contributed by atoms with E-state index < -0.39 is 12.1 Å². The zero-order chi connectivity index (χ0) is 29.0. The Bertz CT molecular complexity index is 777. The van der Waals surface area contributed by atoms with Crippen molar-refractivity contribution in [1.29, 1.82) is 0 Å². The fourth-order valence-corrected chi connectivity index (χ4v) is 4.51. The predicted molar refractivity (Wildman–Crippen MR) is 159 cm³/mol. The van der Waals surface area contributed by atoms with E-state index in [0.717, 1.165) is 62.0 Å². The van der Waals surface area contributed by atoms with E-state index in [0.29, 0.717) is 51.7 Å². The van der Waals surface area contributed by atoms with Crippen LogP contribution in [0.3, 0.4) is 0 Å². The van der Waals surface area contributed by atoms with Crippen molar-refractivity contribution in [3.05, 3.63) is 23.8 Å². The van der Waals surface area contributed by atoms with Gasteiger partial charge in [-0.05, 0) is 81.0 Å². The highest BCUT2D eigenvalue weighted by molar-refractivity contribution is 5.78. The number of amides is 1. The topological polar surface area (TPSA) is 129 Å².